The third-order valence-corrected chi connectivity index (χ3v) is 8.06. The smallest absolute Gasteiger partial charge is 0.323 e. The molecule has 35 heavy (non-hydrogen) atoms. The van der Waals surface area contributed by atoms with Crippen LogP contribution in [0.1, 0.15) is 33.5 Å². The van der Waals surface area contributed by atoms with Crippen LogP contribution in [0.5, 0.6) is 0 Å². The Balaban J connectivity index is 1.40. The molecule has 5 rings (SSSR count). The summed E-state index contributed by atoms with van der Waals surface area (Å²) in [5.74, 6) is 0.523. The molecule has 2 heterocycles. The highest BCUT2D eigenvalue weighted by Crippen LogP contribution is 2.35. The van der Waals surface area contributed by atoms with E-state index in [1.165, 1.54) is 18.2 Å². The van der Waals surface area contributed by atoms with E-state index < -0.39 is 6.04 Å². The van der Waals surface area contributed by atoms with Gasteiger partial charge < -0.3 is 15.0 Å². The van der Waals surface area contributed by atoms with Gasteiger partial charge in [-0.25, -0.2) is 0 Å². The van der Waals surface area contributed by atoms with E-state index in [-0.39, 0.29) is 23.3 Å². The maximum absolute atomic E-state index is 13.2. The highest BCUT2D eigenvalue weighted by Gasteiger charge is 2.35. The maximum atomic E-state index is 13.2. The van der Waals surface area contributed by atoms with Crippen LogP contribution in [0.3, 0.4) is 0 Å². The highest BCUT2D eigenvalue weighted by atomic mass is 32.2. The number of esters is 1. The Hall–Kier alpha value is -3.06. The van der Waals surface area contributed by atoms with Gasteiger partial charge in [-0.05, 0) is 29.7 Å². The Morgan fingerprint density at radius 3 is 2.57 bits per heavy atom. The van der Waals surface area contributed by atoms with Gasteiger partial charge in [-0.3, -0.25) is 10.1 Å². The zero-order valence-electron chi connectivity index (χ0n) is 20.0. The van der Waals surface area contributed by atoms with Crippen LogP contribution in [-0.4, -0.2) is 42.4 Å². The zero-order valence-corrected chi connectivity index (χ0v) is 20.8. The number of carbonyl (C=O) groups excluding carboxylic acids is 1. The third kappa shape index (κ3) is 5.15. The number of thioether (sulfide) groups is 1. The van der Waals surface area contributed by atoms with Gasteiger partial charge in [0.05, 0.1) is 12.5 Å². The molecule has 3 N–H and O–H groups in total. The van der Waals surface area contributed by atoms with Crippen LogP contribution in [0.25, 0.3) is 10.9 Å². The lowest BCUT2D eigenvalue weighted by atomic mass is 9.84. The van der Waals surface area contributed by atoms with Crippen LogP contribution in [-0.2, 0) is 9.53 Å². The molecule has 0 amide bonds. The molecule has 0 aliphatic carbocycles. The predicted molar refractivity (Wildman–Crippen MR) is 144 cm³/mol. The third-order valence-electron chi connectivity index (χ3n) is 6.72. The highest BCUT2D eigenvalue weighted by molar-refractivity contribution is 7.99. The molecule has 4 aromatic rings. The monoisotopic (exact) mass is 485 g/mol. The Kier molecular flexibility index (Phi) is 7.23. The number of aryl methyl sites for hydroxylation is 1. The predicted octanol–water partition coefficient (Wildman–Crippen LogP) is 5.14. The van der Waals surface area contributed by atoms with E-state index in [1.807, 2.05) is 48.3 Å². The second kappa shape index (κ2) is 10.7. The number of H-pyrrole nitrogens is 1. The Morgan fingerprint density at radius 1 is 1.06 bits per heavy atom. The van der Waals surface area contributed by atoms with E-state index in [1.54, 1.807) is 0 Å². The molecular weight excluding hydrogens is 454 g/mol. The summed E-state index contributed by atoms with van der Waals surface area (Å²) >= 11 is 1.91. The average molecular weight is 486 g/mol. The van der Waals surface area contributed by atoms with E-state index in [4.69, 9.17) is 4.74 Å². The molecule has 4 atom stereocenters. The molecule has 0 saturated carbocycles. The number of carbonyl (C=O) groups is 1. The lowest BCUT2D eigenvalue weighted by molar-refractivity contribution is -0.143. The van der Waals surface area contributed by atoms with Crippen molar-refractivity contribution in [2.45, 2.75) is 30.3 Å². The van der Waals surface area contributed by atoms with Crippen LogP contribution in [0.2, 0.25) is 0 Å². The van der Waals surface area contributed by atoms with Crippen molar-refractivity contribution in [3.05, 3.63) is 107 Å². The van der Waals surface area contributed by atoms with Crippen LogP contribution < -0.4 is 10.6 Å². The van der Waals surface area contributed by atoms with Crippen molar-refractivity contribution in [3.63, 3.8) is 0 Å². The summed E-state index contributed by atoms with van der Waals surface area (Å²) in [5, 5.41) is 8.68. The molecule has 1 aliphatic heterocycles. The van der Waals surface area contributed by atoms with Gasteiger partial charge in [0.15, 0.2) is 0 Å². The lowest BCUT2D eigenvalue weighted by Gasteiger charge is -2.28. The number of nitrogens with one attached hydrogen (secondary N) is 3. The van der Waals surface area contributed by atoms with Gasteiger partial charge in [-0.2, -0.15) is 0 Å². The van der Waals surface area contributed by atoms with Crippen molar-refractivity contribution in [2.75, 3.05) is 19.4 Å². The molecule has 3 aromatic carbocycles. The van der Waals surface area contributed by atoms with Gasteiger partial charge in [-0.15, -0.1) is 11.8 Å². The van der Waals surface area contributed by atoms with Gasteiger partial charge in [0.25, 0.3) is 0 Å². The van der Waals surface area contributed by atoms with Crippen molar-refractivity contribution in [1.82, 2.24) is 15.6 Å². The number of rotatable bonds is 8. The number of methoxy groups -OCH3 is 1. The number of fused-ring (bicyclic) bond motifs is 1. The van der Waals surface area contributed by atoms with Crippen molar-refractivity contribution >= 4 is 28.6 Å². The van der Waals surface area contributed by atoms with E-state index >= 15 is 0 Å². The molecule has 5 nitrogen and oxygen atoms in total. The first kappa shape index (κ1) is 23.7. The number of aromatic amines is 1. The molecule has 180 valence electrons. The largest absolute Gasteiger partial charge is 0.468 e. The van der Waals surface area contributed by atoms with Crippen LogP contribution in [0.15, 0.2) is 85.1 Å². The number of hydrogen-bond acceptors (Lipinski definition) is 5. The van der Waals surface area contributed by atoms with Crippen molar-refractivity contribution in [2.24, 2.45) is 0 Å². The minimum absolute atomic E-state index is 0.193. The number of benzene rings is 3. The normalized spacial score (nSPS) is 19.5. The molecule has 6 heteroatoms. The summed E-state index contributed by atoms with van der Waals surface area (Å²) in [6.45, 7) is 2.77. The molecule has 0 bridgehead atoms. The summed E-state index contributed by atoms with van der Waals surface area (Å²) in [7, 11) is 1.46. The summed E-state index contributed by atoms with van der Waals surface area (Å²) in [4.78, 5) is 16.5. The number of aromatic nitrogens is 1. The van der Waals surface area contributed by atoms with Gasteiger partial charge >= 0.3 is 5.97 Å². The molecule has 0 radical (unpaired) electrons. The summed E-state index contributed by atoms with van der Waals surface area (Å²) in [6.07, 6.45) is 2.02. The minimum Gasteiger partial charge on any atom is -0.468 e. The fraction of sp³-hybridized carbons (Fsp3) is 0.276. The van der Waals surface area contributed by atoms with Gasteiger partial charge in [0, 0.05) is 41.4 Å². The summed E-state index contributed by atoms with van der Waals surface area (Å²) in [6, 6.07) is 26.8. The van der Waals surface area contributed by atoms with Crippen molar-refractivity contribution < 1.29 is 9.53 Å². The Bertz CT molecular complexity index is 1270. The van der Waals surface area contributed by atoms with E-state index in [0.717, 1.165) is 27.8 Å². The maximum Gasteiger partial charge on any atom is 0.323 e. The first-order valence-electron chi connectivity index (χ1n) is 12.0. The number of ether oxygens (including phenoxy) is 1. The first-order valence-corrected chi connectivity index (χ1v) is 13.1. The zero-order chi connectivity index (χ0) is 24.2. The average Bonchev–Trinajstić information content (AvgIpc) is 3.55. The van der Waals surface area contributed by atoms with Gasteiger partial charge in [-0.1, -0.05) is 78.4 Å². The molecular formula is C29H31N3O2S. The standard InChI is InChI=1S/C29H31N3O2S/c1-19-12-14-21(15-13-19)28-32-22(18-35-28)16-31-27(29(33)34-2)26(20-8-4-3-5-9-20)24-17-30-25-11-7-6-10-23(24)25/h3-15,17,22,26-28,30-32H,16,18H2,1-2H3/t22-,26?,27?,28?/m1/s1. The first-order chi connectivity index (χ1) is 17.1. The van der Waals surface area contributed by atoms with Crippen LogP contribution in [0.4, 0.5) is 0 Å². The van der Waals surface area contributed by atoms with Gasteiger partial charge in [0.1, 0.15) is 6.04 Å². The fourth-order valence-corrected chi connectivity index (χ4v) is 6.15. The molecule has 1 saturated heterocycles. The summed E-state index contributed by atoms with van der Waals surface area (Å²) < 4.78 is 5.30. The van der Waals surface area contributed by atoms with E-state index in [9.17, 15) is 4.79 Å². The quantitative estimate of drug-likeness (QED) is 0.302. The van der Waals surface area contributed by atoms with Crippen LogP contribution >= 0.6 is 11.8 Å². The number of para-hydroxylation sites is 1. The van der Waals surface area contributed by atoms with Crippen molar-refractivity contribution in [1.29, 1.82) is 0 Å². The van der Waals surface area contributed by atoms with Crippen LogP contribution in [0, 0.1) is 6.92 Å². The molecule has 3 unspecified atom stereocenters. The number of hydrogen-bond donors (Lipinski definition) is 3. The second-order valence-corrected chi connectivity index (χ2v) is 10.2. The minimum atomic E-state index is -0.521. The Labute approximate surface area is 210 Å². The molecule has 0 spiro atoms. The summed E-state index contributed by atoms with van der Waals surface area (Å²) in [5.41, 5.74) is 5.77. The topological polar surface area (TPSA) is 66.2 Å². The second-order valence-electron chi connectivity index (χ2n) is 9.07. The van der Waals surface area contributed by atoms with Crippen molar-refractivity contribution in [3.8, 4) is 0 Å². The van der Waals surface area contributed by atoms with E-state index in [0.29, 0.717) is 6.54 Å². The van der Waals surface area contributed by atoms with E-state index in [2.05, 4.69) is 71.1 Å². The Morgan fingerprint density at radius 2 is 1.80 bits per heavy atom. The lowest BCUT2D eigenvalue weighted by Crippen LogP contribution is -2.48. The molecule has 1 fully saturated rings. The fourth-order valence-electron chi connectivity index (χ4n) is 4.87. The van der Waals surface area contributed by atoms with Gasteiger partial charge in [0.2, 0.25) is 0 Å². The SMILES string of the molecule is COC(=O)C(NC[C@@H]1CSC(c2ccc(C)cc2)N1)C(c1ccccc1)c1c[nH]c2ccccc12. The molecule has 1 aliphatic rings. The molecule has 1 aromatic heterocycles.